The topological polar surface area (TPSA) is 21.3 Å². The number of hydrogen-bond donors (Lipinski definition) is 1. The largest absolute Gasteiger partial charge is 0.497 e. The minimum Gasteiger partial charge on any atom is -0.497 e. The van der Waals surface area contributed by atoms with Crippen molar-refractivity contribution in [3.8, 4) is 5.75 Å². The summed E-state index contributed by atoms with van der Waals surface area (Å²) in [5.74, 6) is 0.902. The summed E-state index contributed by atoms with van der Waals surface area (Å²) in [6.45, 7) is 6.55. The quantitative estimate of drug-likeness (QED) is 0.867. The molecule has 106 valence electrons. The van der Waals surface area contributed by atoms with Crippen LogP contribution in [0.5, 0.6) is 5.75 Å². The van der Waals surface area contributed by atoms with E-state index in [-0.39, 0.29) is 6.04 Å². The molecule has 1 unspecified atom stereocenters. The van der Waals surface area contributed by atoms with Crippen LogP contribution < -0.4 is 10.1 Å². The van der Waals surface area contributed by atoms with Gasteiger partial charge >= 0.3 is 0 Å². The molecule has 2 aromatic carbocycles. The van der Waals surface area contributed by atoms with Gasteiger partial charge in [-0.05, 0) is 49.6 Å². The first kappa shape index (κ1) is 14.6. The number of ether oxygens (including phenoxy) is 1. The summed E-state index contributed by atoms with van der Waals surface area (Å²) in [6, 6.07) is 17.3. The highest BCUT2D eigenvalue weighted by atomic mass is 16.5. The smallest absolute Gasteiger partial charge is 0.119 e. The number of rotatable bonds is 5. The highest BCUT2D eigenvalue weighted by Gasteiger charge is 2.12. The van der Waals surface area contributed by atoms with Crippen LogP contribution in [-0.4, -0.2) is 7.11 Å². The van der Waals surface area contributed by atoms with Crippen molar-refractivity contribution in [1.29, 1.82) is 0 Å². The maximum absolute atomic E-state index is 5.29. The molecule has 0 amide bonds. The molecule has 2 aromatic rings. The van der Waals surface area contributed by atoms with Gasteiger partial charge in [0.05, 0.1) is 7.11 Å². The van der Waals surface area contributed by atoms with Crippen LogP contribution in [0.2, 0.25) is 0 Å². The highest BCUT2D eigenvalue weighted by molar-refractivity contribution is 5.32. The Kier molecular flexibility index (Phi) is 4.80. The van der Waals surface area contributed by atoms with Crippen LogP contribution in [0.4, 0.5) is 0 Å². The lowest BCUT2D eigenvalue weighted by Gasteiger charge is -2.22. The third-order valence-electron chi connectivity index (χ3n) is 3.75. The molecule has 2 atom stereocenters. The van der Waals surface area contributed by atoms with E-state index >= 15 is 0 Å². The van der Waals surface area contributed by atoms with Crippen LogP contribution in [0.3, 0.4) is 0 Å². The van der Waals surface area contributed by atoms with E-state index in [4.69, 9.17) is 4.74 Å². The maximum Gasteiger partial charge on any atom is 0.119 e. The molecule has 2 nitrogen and oxygen atoms in total. The maximum atomic E-state index is 5.29. The highest BCUT2D eigenvalue weighted by Crippen LogP contribution is 2.23. The zero-order chi connectivity index (χ0) is 14.5. The van der Waals surface area contributed by atoms with Crippen molar-refractivity contribution in [2.75, 3.05) is 7.11 Å². The molecule has 0 saturated carbocycles. The Morgan fingerprint density at radius 1 is 0.950 bits per heavy atom. The van der Waals surface area contributed by atoms with E-state index < -0.39 is 0 Å². The van der Waals surface area contributed by atoms with Gasteiger partial charge in [-0.2, -0.15) is 0 Å². The minimum atomic E-state index is 0.278. The van der Waals surface area contributed by atoms with Crippen LogP contribution in [-0.2, 0) is 0 Å². The monoisotopic (exact) mass is 269 g/mol. The van der Waals surface area contributed by atoms with Gasteiger partial charge in [-0.25, -0.2) is 0 Å². The lowest BCUT2D eigenvalue weighted by Crippen LogP contribution is -2.23. The summed E-state index contributed by atoms with van der Waals surface area (Å²) in [4.78, 5) is 0. The van der Waals surface area contributed by atoms with E-state index in [0.29, 0.717) is 6.04 Å². The fourth-order valence-electron chi connectivity index (χ4n) is 2.54. The zero-order valence-corrected chi connectivity index (χ0v) is 12.7. The number of benzene rings is 2. The molecule has 0 aliphatic rings. The molecule has 0 heterocycles. The third kappa shape index (κ3) is 3.40. The molecule has 0 aromatic heterocycles. The second kappa shape index (κ2) is 6.58. The Balaban J connectivity index is 2.11. The van der Waals surface area contributed by atoms with Gasteiger partial charge in [-0.3, -0.25) is 0 Å². The van der Waals surface area contributed by atoms with E-state index in [2.05, 4.69) is 62.5 Å². The Morgan fingerprint density at radius 2 is 1.70 bits per heavy atom. The molecule has 0 bridgehead atoms. The van der Waals surface area contributed by atoms with Crippen LogP contribution in [0.1, 0.15) is 42.6 Å². The summed E-state index contributed by atoms with van der Waals surface area (Å²) in [5, 5.41) is 3.65. The molecule has 20 heavy (non-hydrogen) atoms. The molecule has 2 heteroatoms. The zero-order valence-electron chi connectivity index (χ0n) is 12.7. The van der Waals surface area contributed by atoms with E-state index in [1.54, 1.807) is 7.11 Å². The van der Waals surface area contributed by atoms with Gasteiger partial charge in [0.2, 0.25) is 0 Å². The summed E-state index contributed by atoms with van der Waals surface area (Å²) >= 11 is 0. The van der Waals surface area contributed by atoms with E-state index in [1.165, 1.54) is 16.7 Å². The molecular formula is C18H23NO. The summed E-state index contributed by atoms with van der Waals surface area (Å²) < 4.78 is 5.29. The molecule has 0 spiro atoms. The minimum absolute atomic E-state index is 0.278. The number of nitrogens with one attached hydrogen (secondary N) is 1. The standard InChI is InChI=1S/C18H23NO/c1-13-8-5-6-11-18(13)15(3)19-14(2)16-9-7-10-17(12-16)20-4/h5-12,14-15,19H,1-4H3/t14?,15-/m0/s1. The van der Waals surface area contributed by atoms with Crippen LogP contribution in [0.15, 0.2) is 48.5 Å². The van der Waals surface area contributed by atoms with E-state index in [1.807, 2.05) is 12.1 Å². The molecular weight excluding hydrogens is 246 g/mol. The fourth-order valence-corrected chi connectivity index (χ4v) is 2.54. The second-order valence-corrected chi connectivity index (χ2v) is 5.24. The number of aryl methyl sites for hydroxylation is 1. The lowest BCUT2D eigenvalue weighted by molar-refractivity contribution is 0.412. The SMILES string of the molecule is COc1cccc(C(C)N[C@@H](C)c2ccccc2C)c1. The first-order valence-corrected chi connectivity index (χ1v) is 7.07. The van der Waals surface area contributed by atoms with Crippen molar-refractivity contribution in [3.05, 3.63) is 65.2 Å². The predicted octanol–water partition coefficient (Wildman–Crippen LogP) is 4.42. The van der Waals surface area contributed by atoms with Crippen molar-refractivity contribution >= 4 is 0 Å². The molecule has 0 fully saturated rings. The van der Waals surface area contributed by atoms with Gasteiger partial charge in [-0.1, -0.05) is 36.4 Å². The van der Waals surface area contributed by atoms with Crippen molar-refractivity contribution < 1.29 is 4.74 Å². The van der Waals surface area contributed by atoms with Crippen LogP contribution in [0.25, 0.3) is 0 Å². The summed E-state index contributed by atoms with van der Waals surface area (Å²) in [7, 11) is 1.70. The summed E-state index contributed by atoms with van der Waals surface area (Å²) in [5.41, 5.74) is 3.91. The average molecular weight is 269 g/mol. The number of hydrogen-bond acceptors (Lipinski definition) is 2. The van der Waals surface area contributed by atoms with Gasteiger partial charge in [0.25, 0.3) is 0 Å². The fraction of sp³-hybridized carbons (Fsp3) is 0.333. The molecule has 0 saturated heterocycles. The first-order chi connectivity index (χ1) is 9.61. The Morgan fingerprint density at radius 3 is 2.40 bits per heavy atom. The van der Waals surface area contributed by atoms with Crippen LogP contribution >= 0.6 is 0 Å². The Hall–Kier alpha value is -1.80. The average Bonchev–Trinajstić information content (AvgIpc) is 2.47. The van der Waals surface area contributed by atoms with Crippen LogP contribution in [0, 0.1) is 6.92 Å². The van der Waals surface area contributed by atoms with E-state index in [9.17, 15) is 0 Å². The first-order valence-electron chi connectivity index (χ1n) is 7.07. The van der Waals surface area contributed by atoms with Crippen molar-refractivity contribution in [1.82, 2.24) is 5.32 Å². The molecule has 0 aliphatic heterocycles. The van der Waals surface area contributed by atoms with Gasteiger partial charge < -0.3 is 10.1 Å². The van der Waals surface area contributed by atoms with Gasteiger partial charge in [0, 0.05) is 12.1 Å². The summed E-state index contributed by atoms with van der Waals surface area (Å²) in [6.07, 6.45) is 0. The third-order valence-corrected chi connectivity index (χ3v) is 3.75. The Labute approximate surface area is 121 Å². The normalized spacial score (nSPS) is 13.8. The van der Waals surface area contributed by atoms with E-state index in [0.717, 1.165) is 5.75 Å². The van der Waals surface area contributed by atoms with Crippen molar-refractivity contribution in [3.63, 3.8) is 0 Å². The van der Waals surface area contributed by atoms with Gasteiger partial charge in [0.15, 0.2) is 0 Å². The molecule has 0 radical (unpaired) electrons. The lowest BCUT2D eigenvalue weighted by atomic mass is 10.0. The molecule has 2 rings (SSSR count). The predicted molar refractivity (Wildman–Crippen MR) is 84.1 cm³/mol. The van der Waals surface area contributed by atoms with Gasteiger partial charge in [-0.15, -0.1) is 0 Å². The van der Waals surface area contributed by atoms with Crippen molar-refractivity contribution in [2.24, 2.45) is 0 Å². The molecule has 0 aliphatic carbocycles. The second-order valence-electron chi connectivity index (χ2n) is 5.24. The number of methoxy groups -OCH3 is 1. The van der Waals surface area contributed by atoms with Gasteiger partial charge in [0.1, 0.15) is 5.75 Å². The van der Waals surface area contributed by atoms with Crippen molar-refractivity contribution in [2.45, 2.75) is 32.9 Å². The Bertz CT molecular complexity index is 565. The molecule has 1 N–H and O–H groups in total.